The number of benzene rings is 2. The van der Waals surface area contributed by atoms with Gasteiger partial charge in [-0.1, -0.05) is 47.2 Å². The van der Waals surface area contributed by atoms with Crippen LogP contribution >= 0.6 is 23.6 Å². The molecule has 1 saturated heterocycles. The third-order valence-electron chi connectivity index (χ3n) is 5.06. The van der Waals surface area contributed by atoms with E-state index in [9.17, 15) is 0 Å². The van der Waals surface area contributed by atoms with Crippen molar-refractivity contribution < 1.29 is 0 Å². The molecule has 28 heavy (non-hydrogen) atoms. The summed E-state index contributed by atoms with van der Waals surface area (Å²) in [7, 11) is 0. The van der Waals surface area contributed by atoms with Gasteiger partial charge in [-0.2, -0.15) is 0 Å². The molecule has 0 radical (unpaired) electrons. The third-order valence-corrected chi connectivity index (χ3v) is 6.28. The zero-order valence-electron chi connectivity index (χ0n) is 16.3. The van der Waals surface area contributed by atoms with E-state index in [4.69, 9.17) is 17.3 Å². The number of rotatable bonds is 5. The molecule has 146 valence electrons. The molecule has 0 atom stereocenters. The van der Waals surface area contributed by atoms with Gasteiger partial charge in [0, 0.05) is 37.6 Å². The number of hydrogen-bond acceptors (Lipinski definition) is 6. The lowest BCUT2D eigenvalue weighted by Crippen LogP contribution is -2.46. The fraction of sp³-hybridized carbons (Fsp3) is 0.333. The standard InChI is InChI=1S/C21H25N5S2/c1-16-8-9-19(17(2)14-16)22-20-23-26(21(27)28-20)15-24-10-12-25(13-11-24)18-6-4-3-5-7-18/h3-9,14H,10-13,15H2,1-2H3,(H,22,23). The van der Waals surface area contributed by atoms with Crippen LogP contribution in [0.1, 0.15) is 11.1 Å². The largest absolute Gasteiger partial charge is 0.369 e. The van der Waals surface area contributed by atoms with Gasteiger partial charge in [0.25, 0.3) is 0 Å². The summed E-state index contributed by atoms with van der Waals surface area (Å²) >= 11 is 7.08. The fourth-order valence-electron chi connectivity index (χ4n) is 3.49. The highest BCUT2D eigenvalue weighted by atomic mass is 32.1. The number of hydrogen-bond donors (Lipinski definition) is 1. The van der Waals surface area contributed by atoms with Crippen LogP contribution in [0.2, 0.25) is 0 Å². The highest BCUT2D eigenvalue weighted by Gasteiger charge is 2.18. The van der Waals surface area contributed by atoms with Gasteiger partial charge in [0.2, 0.25) is 5.13 Å². The summed E-state index contributed by atoms with van der Waals surface area (Å²) in [5.74, 6) is 0. The molecule has 0 bridgehead atoms. The van der Waals surface area contributed by atoms with Crippen molar-refractivity contribution in [3.8, 4) is 0 Å². The number of aromatic nitrogens is 2. The predicted molar refractivity (Wildman–Crippen MR) is 120 cm³/mol. The summed E-state index contributed by atoms with van der Waals surface area (Å²) in [5.41, 5.74) is 4.85. The van der Waals surface area contributed by atoms with E-state index in [-0.39, 0.29) is 0 Å². The van der Waals surface area contributed by atoms with Gasteiger partial charge >= 0.3 is 0 Å². The highest BCUT2D eigenvalue weighted by Crippen LogP contribution is 2.24. The first-order valence-corrected chi connectivity index (χ1v) is 10.8. The second kappa shape index (κ2) is 8.43. The van der Waals surface area contributed by atoms with Crippen LogP contribution in [0.15, 0.2) is 48.5 Å². The molecule has 0 unspecified atom stereocenters. The molecule has 1 fully saturated rings. The van der Waals surface area contributed by atoms with E-state index in [1.807, 2.05) is 4.68 Å². The molecule has 3 aromatic rings. The van der Waals surface area contributed by atoms with E-state index in [1.165, 1.54) is 28.2 Å². The van der Waals surface area contributed by atoms with Gasteiger partial charge in [0.1, 0.15) is 0 Å². The molecule has 2 heterocycles. The minimum atomic E-state index is 0.743. The summed E-state index contributed by atoms with van der Waals surface area (Å²) in [6, 6.07) is 17.0. The van der Waals surface area contributed by atoms with Crippen molar-refractivity contribution >= 4 is 40.1 Å². The Labute approximate surface area is 175 Å². The molecule has 1 aliphatic heterocycles. The van der Waals surface area contributed by atoms with Gasteiger partial charge in [-0.3, -0.25) is 4.90 Å². The molecule has 5 nitrogen and oxygen atoms in total. The van der Waals surface area contributed by atoms with E-state index >= 15 is 0 Å². The topological polar surface area (TPSA) is 36.3 Å². The molecular formula is C21H25N5S2. The summed E-state index contributed by atoms with van der Waals surface area (Å²) in [5, 5.41) is 8.97. The Morgan fingerprint density at radius 2 is 1.79 bits per heavy atom. The Balaban J connectivity index is 1.38. The van der Waals surface area contributed by atoms with Crippen molar-refractivity contribution in [1.82, 2.24) is 14.7 Å². The maximum absolute atomic E-state index is 5.55. The van der Waals surface area contributed by atoms with E-state index in [2.05, 4.69) is 77.5 Å². The number of piperazine rings is 1. The quantitative estimate of drug-likeness (QED) is 0.610. The number of para-hydroxylation sites is 1. The summed E-state index contributed by atoms with van der Waals surface area (Å²) in [6.45, 7) is 9.02. The molecule has 7 heteroatoms. The van der Waals surface area contributed by atoms with E-state index < -0.39 is 0 Å². The van der Waals surface area contributed by atoms with Gasteiger partial charge in [-0.15, -0.1) is 5.10 Å². The first-order valence-electron chi connectivity index (χ1n) is 9.53. The number of aryl methyl sites for hydroxylation is 2. The molecule has 4 rings (SSSR count). The smallest absolute Gasteiger partial charge is 0.209 e. The summed E-state index contributed by atoms with van der Waals surface area (Å²) < 4.78 is 2.74. The van der Waals surface area contributed by atoms with Crippen molar-refractivity contribution in [2.75, 3.05) is 36.4 Å². The average molecular weight is 412 g/mol. The predicted octanol–water partition coefficient (Wildman–Crippen LogP) is 4.81. The van der Waals surface area contributed by atoms with Gasteiger partial charge in [-0.05, 0) is 49.8 Å². The normalized spacial score (nSPS) is 15.0. The SMILES string of the molecule is Cc1ccc(Nc2nn(CN3CCN(c4ccccc4)CC3)c(=S)s2)c(C)c1. The molecule has 1 aromatic heterocycles. The Morgan fingerprint density at radius 3 is 2.50 bits per heavy atom. The summed E-state index contributed by atoms with van der Waals surface area (Å²) in [4.78, 5) is 4.85. The lowest BCUT2D eigenvalue weighted by molar-refractivity contribution is 0.195. The van der Waals surface area contributed by atoms with Crippen LogP contribution in [0, 0.1) is 17.8 Å². The number of anilines is 3. The van der Waals surface area contributed by atoms with Crippen LogP contribution in [0.4, 0.5) is 16.5 Å². The minimum absolute atomic E-state index is 0.743. The maximum atomic E-state index is 5.55. The third kappa shape index (κ3) is 4.43. The van der Waals surface area contributed by atoms with Crippen molar-refractivity contribution in [3.63, 3.8) is 0 Å². The first-order chi connectivity index (χ1) is 13.6. The molecule has 2 aromatic carbocycles. The van der Waals surface area contributed by atoms with E-state index in [1.54, 1.807) is 0 Å². The van der Waals surface area contributed by atoms with Crippen molar-refractivity contribution in [2.45, 2.75) is 20.5 Å². The van der Waals surface area contributed by atoms with Gasteiger partial charge < -0.3 is 10.2 Å². The maximum Gasteiger partial charge on any atom is 0.209 e. The second-order valence-electron chi connectivity index (χ2n) is 7.20. The Bertz CT molecular complexity index is 988. The monoisotopic (exact) mass is 411 g/mol. The van der Waals surface area contributed by atoms with Crippen molar-refractivity contribution in [1.29, 1.82) is 0 Å². The van der Waals surface area contributed by atoms with E-state index in [0.29, 0.717) is 0 Å². The summed E-state index contributed by atoms with van der Waals surface area (Å²) in [6.07, 6.45) is 0. The molecule has 0 amide bonds. The average Bonchev–Trinajstić information content (AvgIpc) is 3.04. The molecule has 1 N–H and O–H groups in total. The minimum Gasteiger partial charge on any atom is -0.369 e. The molecule has 0 spiro atoms. The zero-order valence-corrected chi connectivity index (χ0v) is 17.9. The van der Waals surface area contributed by atoms with Gasteiger partial charge in [-0.25, -0.2) is 4.68 Å². The van der Waals surface area contributed by atoms with E-state index in [0.717, 1.165) is 47.6 Å². The van der Waals surface area contributed by atoms with Crippen molar-refractivity contribution in [3.05, 3.63) is 63.6 Å². The number of nitrogens with one attached hydrogen (secondary N) is 1. The fourth-order valence-corrected chi connectivity index (χ4v) is 4.50. The number of nitrogens with zero attached hydrogens (tertiary/aromatic N) is 4. The lowest BCUT2D eigenvalue weighted by atomic mass is 10.1. The zero-order chi connectivity index (χ0) is 19.5. The highest BCUT2D eigenvalue weighted by molar-refractivity contribution is 7.73. The van der Waals surface area contributed by atoms with Crippen LogP contribution in [-0.2, 0) is 6.67 Å². The Morgan fingerprint density at radius 1 is 1.04 bits per heavy atom. The van der Waals surface area contributed by atoms with Crippen LogP contribution < -0.4 is 10.2 Å². The van der Waals surface area contributed by atoms with Crippen LogP contribution in [0.3, 0.4) is 0 Å². The molecular weight excluding hydrogens is 386 g/mol. The van der Waals surface area contributed by atoms with Crippen LogP contribution in [0.25, 0.3) is 0 Å². The van der Waals surface area contributed by atoms with Crippen molar-refractivity contribution in [2.24, 2.45) is 0 Å². The second-order valence-corrected chi connectivity index (χ2v) is 8.82. The van der Waals surface area contributed by atoms with Gasteiger partial charge in [0.15, 0.2) is 3.95 Å². The van der Waals surface area contributed by atoms with Gasteiger partial charge in [0.05, 0.1) is 6.67 Å². The Hall–Kier alpha value is -2.22. The molecule has 0 saturated carbocycles. The molecule has 1 aliphatic rings. The lowest BCUT2D eigenvalue weighted by Gasteiger charge is -2.35. The Kier molecular flexibility index (Phi) is 5.75. The van der Waals surface area contributed by atoms with Crippen LogP contribution in [0.5, 0.6) is 0 Å². The first kappa shape index (κ1) is 19.1. The molecule has 0 aliphatic carbocycles. The van der Waals surface area contributed by atoms with Crippen LogP contribution in [-0.4, -0.2) is 40.9 Å².